The first kappa shape index (κ1) is 16.2. The molecule has 1 aliphatic rings. The van der Waals surface area contributed by atoms with Gasteiger partial charge in [0.05, 0.1) is 5.69 Å². The molecule has 0 saturated heterocycles. The molecule has 0 fully saturated rings. The molecule has 4 heteroatoms. The van der Waals surface area contributed by atoms with E-state index in [9.17, 15) is 0 Å². The van der Waals surface area contributed by atoms with Crippen LogP contribution in [0.3, 0.4) is 0 Å². The lowest BCUT2D eigenvalue weighted by Crippen LogP contribution is -2.68. The van der Waals surface area contributed by atoms with Crippen LogP contribution in [-0.4, -0.2) is 21.6 Å². The van der Waals surface area contributed by atoms with Crippen molar-refractivity contribution in [1.82, 2.24) is 4.48 Å². The number of rotatable bonds is 3. The summed E-state index contributed by atoms with van der Waals surface area (Å²) in [4.78, 5) is 0. The Morgan fingerprint density at radius 3 is 1.85 bits per heavy atom. The lowest BCUT2D eigenvalue weighted by Gasteiger charge is -2.36. The zero-order valence-corrected chi connectivity index (χ0v) is 15.5. The first-order valence-electron chi connectivity index (χ1n) is 9.13. The van der Waals surface area contributed by atoms with Crippen molar-refractivity contribution in [2.24, 2.45) is 0 Å². The second kappa shape index (κ2) is 6.29. The van der Waals surface area contributed by atoms with E-state index in [1.165, 1.54) is 16.6 Å². The van der Waals surface area contributed by atoms with Gasteiger partial charge in [0.15, 0.2) is 5.69 Å². The van der Waals surface area contributed by atoms with Gasteiger partial charge >= 0.3 is 6.42 Å². The van der Waals surface area contributed by atoms with Crippen molar-refractivity contribution in [2.45, 2.75) is 0 Å². The average molecular weight is 369 g/mol. The highest BCUT2D eigenvalue weighted by Gasteiger charge is 2.48. The SMILES string of the molecule is Clc1ccc([N+]2=Cc3cccn3[B-]2(c2ccccc2)c2ccccc2)cc1. The average Bonchev–Trinajstić information content (AvgIpc) is 3.30. The fourth-order valence-electron chi connectivity index (χ4n) is 4.42. The normalized spacial score (nSPS) is 14.6. The van der Waals surface area contributed by atoms with Gasteiger partial charge in [0.25, 0.3) is 0 Å². The van der Waals surface area contributed by atoms with Gasteiger partial charge < -0.3 is 8.96 Å². The number of hydrogen-bond donors (Lipinski definition) is 0. The molecular formula is C23H18BClN2. The Bertz CT molecular complexity index is 1080. The highest BCUT2D eigenvalue weighted by atomic mass is 35.5. The van der Waals surface area contributed by atoms with Crippen molar-refractivity contribution < 1.29 is 4.49 Å². The van der Waals surface area contributed by atoms with E-state index in [0.29, 0.717) is 0 Å². The maximum atomic E-state index is 6.16. The molecule has 0 spiro atoms. The molecule has 0 bridgehead atoms. The molecule has 0 radical (unpaired) electrons. The quantitative estimate of drug-likeness (QED) is 0.483. The minimum atomic E-state index is -1.39. The highest BCUT2D eigenvalue weighted by molar-refractivity contribution is 6.96. The van der Waals surface area contributed by atoms with Gasteiger partial charge in [0, 0.05) is 17.2 Å². The van der Waals surface area contributed by atoms with Crippen LogP contribution in [0, 0.1) is 0 Å². The zero-order chi connectivity index (χ0) is 18.3. The van der Waals surface area contributed by atoms with Gasteiger partial charge in [-0.05, 0) is 30.5 Å². The topological polar surface area (TPSA) is 7.94 Å². The standard InChI is InChI=1S/C23H18BClN2/c25-21-13-15-22(16-14-21)27-18-23-12-7-17-26(23)24(27,19-8-3-1-4-9-19)20-10-5-2-6-11-20/h1-18H. The van der Waals surface area contributed by atoms with E-state index >= 15 is 0 Å². The Morgan fingerprint density at radius 1 is 0.667 bits per heavy atom. The molecule has 0 atom stereocenters. The van der Waals surface area contributed by atoms with Crippen molar-refractivity contribution in [2.75, 3.05) is 0 Å². The maximum Gasteiger partial charge on any atom is 0.434 e. The number of aromatic nitrogens is 1. The van der Waals surface area contributed by atoms with Crippen LogP contribution in [0.1, 0.15) is 5.69 Å². The summed E-state index contributed by atoms with van der Waals surface area (Å²) in [6.45, 7) is 0. The molecule has 0 aliphatic carbocycles. The first-order valence-corrected chi connectivity index (χ1v) is 9.51. The van der Waals surface area contributed by atoms with Crippen LogP contribution in [0.4, 0.5) is 5.69 Å². The summed E-state index contributed by atoms with van der Waals surface area (Å²) in [6, 6.07) is 33.9. The Balaban J connectivity index is 1.87. The molecule has 1 aromatic heterocycles. The van der Waals surface area contributed by atoms with Crippen molar-refractivity contribution in [3.8, 4) is 0 Å². The number of fused-ring (bicyclic) bond motifs is 1. The van der Waals surface area contributed by atoms with E-state index in [4.69, 9.17) is 11.6 Å². The van der Waals surface area contributed by atoms with Crippen molar-refractivity contribution in [3.63, 3.8) is 0 Å². The Hall–Kier alpha value is -3.04. The van der Waals surface area contributed by atoms with Crippen LogP contribution in [0.15, 0.2) is 103 Å². The highest BCUT2D eigenvalue weighted by Crippen LogP contribution is 2.27. The number of nitrogens with zero attached hydrogens (tertiary/aromatic N) is 2. The second-order valence-electron chi connectivity index (χ2n) is 6.95. The van der Waals surface area contributed by atoms with Crippen LogP contribution >= 0.6 is 11.6 Å². The van der Waals surface area contributed by atoms with Crippen molar-refractivity contribution in [3.05, 3.63) is 114 Å². The molecule has 0 N–H and O–H groups in total. The fraction of sp³-hybridized carbons (Fsp3) is 0. The Labute approximate surface area is 163 Å². The van der Waals surface area contributed by atoms with Gasteiger partial charge in [-0.15, -0.1) is 10.9 Å². The summed E-state index contributed by atoms with van der Waals surface area (Å²) >= 11 is 6.16. The van der Waals surface area contributed by atoms with Gasteiger partial charge in [-0.25, -0.2) is 0 Å². The third kappa shape index (κ3) is 2.39. The Morgan fingerprint density at radius 2 is 1.26 bits per heavy atom. The molecule has 2 heterocycles. The van der Waals surface area contributed by atoms with Crippen LogP contribution in [0.5, 0.6) is 0 Å². The third-order valence-corrected chi connectivity index (χ3v) is 5.79. The van der Waals surface area contributed by atoms with Gasteiger partial charge in [0.2, 0.25) is 0 Å². The van der Waals surface area contributed by atoms with Gasteiger partial charge in [0.1, 0.15) is 6.21 Å². The fourth-order valence-corrected chi connectivity index (χ4v) is 4.55. The number of hydrogen-bond acceptors (Lipinski definition) is 0. The van der Waals surface area contributed by atoms with E-state index in [1.54, 1.807) is 0 Å². The smallest absolute Gasteiger partial charge is 0.434 e. The molecule has 4 aromatic rings. The zero-order valence-electron chi connectivity index (χ0n) is 14.7. The van der Waals surface area contributed by atoms with Crippen LogP contribution < -0.4 is 10.9 Å². The predicted octanol–water partition coefficient (Wildman–Crippen LogP) is 4.02. The molecule has 3 aromatic carbocycles. The molecule has 0 saturated carbocycles. The Kier molecular flexibility index (Phi) is 3.77. The molecule has 2 nitrogen and oxygen atoms in total. The predicted molar refractivity (Wildman–Crippen MR) is 114 cm³/mol. The van der Waals surface area contributed by atoms with E-state index < -0.39 is 6.42 Å². The molecule has 27 heavy (non-hydrogen) atoms. The first-order chi connectivity index (χ1) is 13.3. The van der Waals surface area contributed by atoms with Crippen molar-refractivity contribution >= 4 is 40.8 Å². The second-order valence-corrected chi connectivity index (χ2v) is 7.39. The minimum absolute atomic E-state index is 0.745. The molecule has 1 aliphatic heterocycles. The van der Waals surface area contributed by atoms with E-state index in [0.717, 1.165) is 10.7 Å². The number of benzene rings is 3. The lowest BCUT2D eigenvalue weighted by molar-refractivity contribution is -0.284. The van der Waals surface area contributed by atoms with Gasteiger partial charge in [-0.3, -0.25) is 0 Å². The molecule has 130 valence electrons. The van der Waals surface area contributed by atoms with Crippen molar-refractivity contribution in [1.29, 1.82) is 0 Å². The summed E-state index contributed by atoms with van der Waals surface area (Å²) < 4.78 is 4.80. The van der Waals surface area contributed by atoms with E-state index in [2.05, 4.69) is 106 Å². The van der Waals surface area contributed by atoms with E-state index in [-0.39, 0.29) is 0 Å². The van der Waals surface area contributed by atoms with Gasteiger partial charge in [-0.2, -0.15) is 0 Å². The molecule has 5 rings (SSSR count). The molecule has 0 unspecified atom stereocenters. The lowest BCUT2D eigenvalue weighted by atomic mass is 9.36. The summed E-state index contributed by atoms with van der Waals surface area (Å²) in [5, 5.41) is 0.745. The maximum absolute atomic E-state index is 6.16. The summed E-state index contributed by atoms with van der Waals surface area (Å²) in [5.74, 6) is 0. The van der Waals surface area contributed by atoms with Crippen LogP contribution in [0.2, 0.25) is 5.02 Å². The monoisotopic (exact) mass is 368 g/mol. The molecule has 0 amide bonds. The summed E-state index contributed by atoms with van der Waals surface area (Å²) in [7, 11) is 0. The van der Waals surface area contributed by atoms with Crippen LogP contribution in [0.25, 0.3) is 0 Å². The largest absolute Gasteiger partial charge is 0.449 e. The van der Waals surface area contributed by atoms with Gasteiger partial charge in [-0.1, -0.05) is 72.3 Å². The van der Waals surface area contributed by atoms with Crippen LogP contribution in [-0.2, 0) is 0 Å². The number of halogens is 1. The summed E-state index contributed by atoms with van der Waals surface area (Å²) in [6.07, 6.45) is 3.03. The minimum Gasteiger partial charge on any atom is -0.449 e. The van der Waals surface area contributed by atoms with E-state index in [1.807, 2.05) is 12.1 Å². The summed E-state index contributed by atoms with van der Waals surface area (Å²) in [5.41, 5.74) is 4.85. The molecular weight excluding hydrogens is 351 g/mol. The third-order valence-electron chi connectivity index (χ3n) is 5.54.